The van der Waals surface area contributed by atoms with Gasteiger partial charge in [0.05, 0.1) is 5.69 Å². The second-order valence-electron chi connectivity index (χ2n) is 4.84. The molecule has 1 N–H and O–H groups in total. The summed E-state index contributed by atoms with van der Waals surface area (Å²) in [6, 6.07) is 9.04. The number of halogens is 2. The van der Waals surface area contributed by atoms with Gasteiger partial charge in [0, 0.05) is 6.20 Å². The molecule has 24 heavy (non-hydrogen) atoms. The largest absolute Gasteiger partial charge is 0.433 e. The van der Waals surface area contributed by atoms with E-state index < -0.39 is 18.1 Å². The number of benzene rings is 1. The van der Waals surface area contributed by atoms with Gasteiger partial charge < -0.3 is 14.6 Å². The summed E-state index contributed by atoms with van der Waals surface area (Å²) in [6.45, 7) is -1.78. The van der Waals surface area contributed by atoms with Crippen LogP contribution < -0.4 is 15.6 Å². The van der Waals surface area contributed by atoms with E-state index in [1.807, 2.05) is 0 Å². The molecule has 0 radical (unpaired) electrons. The predicted molar refractivity (Wildman–Crippen MR) is 81.9 cm³/mol. The molecule has 1 amide bonds. The van der Waals surface area contributed by atoms with Crippen LogP contribution >= 0.6 is 0 Å². The SMILES string of the molecule is Cc1ccn(CC(=O)Nc2ccccc2OC(F)F)c(=O)c1C#N. The Balaban J connectivity index is 2.19. The van der Waals surface area contributed by atoms with Crippen LogP contribution in [-0.4, -0.2) is 17.1 Å². The predicted octanol–water partition coefficient (Wildman–Crippen LogP) is 2.27. The third-order valence-corrected chi connectivity index (χ3v) is 3.18. The number of anilines is 1. The van der Waals surface area contributed by atoms with E-state index in [4.69, 9.17) is 5.26 Å². The van der Waals surface area contributed by atoms with Crippen molar-refractivity contribution >= 4 is 11.6 Å². The molecule has 2 rings (SSSR count). The number of aromatic nitrogens is 1. The zero-order valence-electron chi connectivity index (χ0n) is 12.6. The van der Waals surface area contributed by atoms with Crippen LogP contribution in [0.15, 0.2) is 41.3 Å². The number of hydrogen-bond acceptors (Lipinski definition) is 4. The van der Waals surface area contributed by atoms with Gasteiger partial charge in [-0.15, -0.1) is 0 Å². The standard InChI is InChI=1S/C16H13F2N3O3/c1-10-6-7-21(15(23)11(10)8-19)9-14(22)20-12-4-2-3-5-13(12)24-16(17)18/h2-7,16H,9H2,1H3,(H,20,22). The maximum absolute atomic E-state index is 12.3. The minimum atomic E-state index is -3.03. The summed E-state index contributed by atoms with van der Waals surface area (Å²) < 4.78 is 30.1. The number of carbonyl (C=O) groups excluding carboxylic acids is 1. The number of alkyl halides is 2. The highest BCUT2D eigenvalue weighted by Crippen LogP contribution is 2.25. The third kappa shape index (κ3) is 3.95. The Kier molecular flexibility index (Phi) is 5.27. The van der Waals surface area contributed by atoms with E-state index in [-0.39, 0.29) is 23.5 Å². The molecule has 124 valence electrons. The third-order valence-electron chi connectivity index (χ3n) is 3.18. The topological polar surface area (TPSA) is 84.1 Å². The number of rotatable bonds is 5. The van der Waals surface area contributed by atoms with Crippen LogP contribution in [0.3, 0.4) is 0 Å². The number of ether oxygens (including phenoxy) is 1. The number of carbonyl (C=O) groups is 1. The summed E-state index contributed by atoms with van der Waals surface area (Å²) >= 11 is 0. The number of aryl methyl sites for hydroxylation is 1. The number of nitrogens with one attached hydrogen (secondary N) is 1. The van der Waals surface area contributed by atoms with E-state index in [0.717, 1.165) is 4.57 Å². The summed E-state index contributed by atoms with van der Waals surface area (Å²) in [4.78, 5) is 24.1. The maximum atomic E-state index is 12.3. The van der Waals surface area contributed by atoms with E-state index in [1.54, 1.807) is 25.1 Å². The fourth-order valence-electron chi connectivity index (χ4n) is 2.04. The molecule has 1 heterocycles. The van der Waals surface area contributed by atoms with E-state index in [9.17, 15) is 18.4 Å². The molecular formula is C16H13F2N3O3. The first-order valence-electron chi connectivity index (χ1n) is 6.86. The molecule has 0 spiro atoms. The summed E-state index contributed by atoms with van der Waals surface area (Å²) in [6.07, 6.45) is 1.39. The molecule has 0 atom stereocenters. The van der Waals surface area contributed by atoms with Crippen molar-refractivity contribution in [1.82, 2.24) is 4.57 Å². The fourth-order valence-corrected chi connectivity index (χ4v) is 2.04. The highest BCUT2D eigenvalue weighted by atomic mass is 19.3. The minimum Gasteiger partial charge on any atom is -0.433 e. The molecule has 0 unspecified atom stereocenters. The van der Waals surface area contributed by atoms with E-state index in [1.165, 1.54) is 24.4 Å². The van der Waals surface area contributed by atoms with Crippen molar-refractivity contribution in [3.05, 3.63) is 58.0 Å². The molecule has 0 saturated heterocycles. The lowest BCUT2D eigenvalue weighted by Crippen LogP contribution is -2.29. The van der Waals surface area contributed by atoms with Crippen LogP contribution in [0.4, 0.5) is 14.5 Å². The molecule has 6 nitrogen and oxygen atoms in total. The summed E-state index contributed by atoms with van der Waals surface area (Å²) in [7, 11) is 0. The Labute approximate surface area is 135 Å². The summed E-state index contributed by atoms with van der Waals surface area (Å²) in [5.74, 6) is -0.801. The van der Waals surface area contributed by atoms with Crippen molar-refractivity contribution in [2.45, 2.75) is 20.1 Å². The van der Waals surface area contributed by atoms with Crippen molar-refractivity contribution in [3.63, 3.8) is 0 Å². The summed E-state index contributed by atoms with van der Waals surface area (Å²) in [5.41, 5.74) is -0.0743. The quantitative estimate of drug-likeness (QED) is 0.910. The van der Waals surface area contributed by atoms with Crippen molar-refractivity contribution in [2.75, 3.05) is 5.32 Å². The summed E-state index contributed by atoms with van der Waals surface area (Å²) in [5, 5.41) is 11.4. The molecular weight excluding hydrogens is 320 g/mol. The minimum absolute atomic E-state index is 0.0493. The van der Waals surface area contributed by atoms with E-state index >= 15 is 0 Å². The van der Waals surface area contributed by atoms with Crippen molar-refractivity contribution < 1.29 is 18.3 Å². The van der Waals surface area contributed by atoms with Gasteiger partial charge in [-0.1, -0.05) is 12.1 Å². The smallest absolute Gasteiger partial charge is 0.387 e. The van der Waals surface area contributed by atoms with Crippen LogP contribution in [0.2, 0.25) is 0 Å². The average molecular weight is 333 g/mol. The Morgan fingerprint density at radius 1 is 1.38 bits per heavy atom. The Morgan fingerprint density at radius 3 is 2.75 bits per heavy atom. The van der Waals surface area contributed by atoms with Crippen LogP contribution in [0.1, 0.15) is 11.1 Å². The van der Waals surface area contributed by atoms with E-state index in [0.29, 0.717) is 5.56 Å². The Bertz CT molecular complexity index is 856. The number of hydrogen-bond donors (Lipinski definition) is 1. The average Bonchev–Trinajstić information content (AvgIpc) is 2.52. The number of para-hydroxylation sites is 2. The van der Waals surface area contributed by atoms with Crippen molar-refractivity contribution in [2.24, 2.45) is 0 Å². The van der Waals surface area contributed by atoms with Crippen LogP contribution in [0.25, 0.3) is 0 Å². The van der Waals surface area contributed by atoms with E-state index in [2.05, 4.69) is 10.1 Å². The van der Waals surface area contributed by atoms with Gasteiger partial charge in [-0.25, -0.2) is 0 Å². The number of pyridine rings is 1. The van der Waals surface area contributed by atoms with Gasteiger partial charge in [0.2, 0.25) is 5.91 Å². The van der Waals surface area contributed by atoms with Gasteiger partial charge in [0.15, 0.2) is 0 Å². The number of nitriles is 1. The zero-order valence-corrected chi connectivity index (χ0v) is 12.6. The van der Waals surface area contributed by atoms with Crippen LogP contribution in [0, 0.1) is 18.3 Å². The van der Waals surface area contributed by atoms with Crippen molar-refractivity contribution in [3.8, 4) is 11.8 Å². The molecule has 0 aliphatic heterocycles. The maximum Gasteiger partial charge on any atom is 0.387 e. The Morgan fingerprint density at radius 2 is 2.08 bits per heavy atom. The van der Waals surface area contributed by atoms with Gasteiger partial charge in [0.25, 0.3) is 5.56 Å². The molecule has 1 aromatic heterocycles. The first-order valence-corrected chi connectivity index (χ1v) is 6.86. The number of amides is 1. The molecule has 0 fully saturated rings. The molecule has 0 aliphatic carbocycles. The normalized spacial score (nSPS) is 10.3. The lowest BCUT2D eigenvalue weighted by Gasteiger charge is -2.12. The fraction of sp³-hybridized carbons (Fsp3) is 0.188. The van der Waals surface area contributed by atoms with Crippen LogP contribution in [0.5, 0.6) is 5.75 Å². The Hall–Kier alpha value is -3.21. The second kappa shape index (κ2) is 7.37. The van der Waals surface area contributed by atoms with Crippen LogP contribution in [-0.2, 0) is 11.3 Å². The lowest BCUT2D eigenvalue weighted by atomic mass is 10.2. The molecule has 0 saturated carbocycles. The van der Waals surface area contributed by atoms with Gasteiger partial charge in [-0.2, -0.15) is 14.0 Å². The zero-order chi connectivity index (χ0) is 17.7. The lowest BCUT2D eigenvalue weighted by molar-refractivity contribution is -0.116. The molecule has 0 bridgehead atoms. The van der Waals surface area contributed by atoms with Gasteiger partial charge >= 0.3 is 6.61 Å². The molecule has 2 aromatic rings. The second-order valence-corrected chi connectivity index (χ2v) is 4.84. The monoisotopic (exact) mass is 333 g/mol. The highest BCUT2D eigenvalue weighted by Gasteiger charge is 2.13. The molecule has 8 heteroatoms. The highest BCUT2D eigenvalue weighted by molar-refractivity contribution is 5.92. The van der Waals surface area contributed by atoms with Gasteiger partial charge in [-0.05, 0) is 30.7 Å². The first kappa shape index (κ1) is 17.1. The molecule has 0 aliphatic rings. The van der Waals surface area contributed by atoms with Gasteiger partial charge in [0.1, 0.15) is 23.9 Å². The number of nitrogens with zero attached hydrogens (tertiary/aromatic N) is 2. The first-order chi connectivity index (χ1) is 11.4. The van der Waals surface area contributed by atoms with Gasteiger partial charge in [-0.3, -0.25) is 9.59 Å². The van der Waals surface area contributed by atoms with Crippen molar-refractivity contribution in [1.29, 1.82) is 5.26 Å². The molecule has 1 aromatic carbocycles.